The van der Waals surface area contributed by atoms with E-state index in [0.29, 0.717) is 5.69 Å². The number of ether oxygens (including phenoxy) is 1. The molecule has 2 rings (SSSR count). The maximum atomic E-state index is 12.2. The molecule has 0 saturated heterocycles. The molecule has 1 aromatic heterocycles. The van der Waals surface area contributed by atoms with E-state index in [1.165, 1.54) is 18.9 Å². The zero-order chi connectivity index (χ0) is 16.8. The summed E-state index contributed by atoms with van der Waals surface area (Å²) in [6.45, 7) is 3.26. The van der Waals surface area contributed by atoms with Gasteiger partial charge in [-0.15, -0.1) is 0 Å². The van der Waals surface area contributed by atoms with E-state index < -0.39 is 11.0 Å². The predicted molar refractivity (Wildman–Crippen MR) is 85.4 cm³/mol. The fourth-order valence-corrected chi connectivity index (χ4v) is 2.74. The monoisotopic (exact) mass is 321 g/mol. The molecule has 23 heavy (non-hydrogen) atoms. The van der Waals surface area contributed by atoms with Gasteiger partial charge in [0.15, 0.2) is 6.10 Å². The Labute approximate surface area is 135 Å². The van der Waals surface area contributed by atoms with Crippen molar-refractivity contribution >= 4 is 11.7 Å². The van der Waals surface area contributed by atoms with Crippen LogP contribution in [-0.2, 0) is 4.79 Å². The smallest absolute Gasteiger partial charge is 0.406 e. The van der Waals surface area contributed by atoms with Gasteiger partial charge in [-0.3, -0.25) is 4.79 Å². The second-order valence-corrected chi connectivity index (χ2v) is 5.99. The highest BCUT2D eigenvalue weighted by Gasteiger charge is 2.24. The molecule has 1 amide bonds. The molecule has 0 bridgehead atoms. The molecular formula is C16H23N3O4. The molecule has 7 nitrogen and oxygen atoms in total. The Balaban J connectivity index is 1.99. The molecule has 7 heteroatoms. The van der Waals surface area contributed by atoms with Crippen LogP contribution in [0.1, 0.15) is 51.1 Å². The first-order valence-corrected chi connectivity index (χ1v) is 8.06. The van der Waals surface area contributed by atoms with Gasteiger partial charge >= 0.3 is 5.82 Å². The average molecular weight is 321 g/mol. The van der Waals surface area contributed by atoms with E-state index in [4.69, 9.17) is 4.74 Å². The van der Waals surface area contributed by atoms with Crippen LogP contribution in [0.2, 0.25) is 0 Å². The van der Waals surface area contributed by atoms with Crippen molar-refractivity contribution in [1.82, 2.24) is 10.3 Å². The summed E-state index contributed by atoms with van der Waals surface area (Å²) in [5.74, 6) is -0.588. The third kappa shape index (κ3) is 4.91. The van der Waals surface area contributed by atoms with E-state index in [2.05, 4.69) is 10.3 Å². The van der Waals surface area contributed by atoms with Crippen molar-refractivity contribution in [2.45, 2.75) is 64.5 Å². The summed E-state index contributed by atoms with van der Waals surface area (Å²) in [5, 5.41) is 14.0. The van der Waals surface area contributed by atoms with E-state index in [-0.39, 0.29) is 23.5 Å². The number of aryl methyl sites for hydroxylation is 1. The number of amides is 1. The molecular weight excluding hydrogens is 298 g/mol. The molecule has 0 spiro atoms. The topological polar surface area (TPSA) is 94.4 Å². The lowest BCUT2D eigenvalue weighted by atomic mass is 10.1. The maximum Gasteiger partial charge on any atom is 0.406 e. The first-order chi connectivity index (χ1) is 11.0. The summed E-state index contributed by atoms with van der Waals surface area (Å²) in [6.07, 6.45) is 5.80. The number of nitrogens with one attached hydrogen (secondary N) is 1. The van der Waals surface area contributed by atoms with Gasteiger partial charge in [-0.1, -0.05) is 25.7 Å². The summed E-state index contributed by atoms with van der Waals surface area (Å²) < 4.78 is 5.48. The fourth-order valence-electron chi connectivity index (χ4n) is 2.74. The number of aromatic nitrogens is 1. The van der Waals surface area contributed by atoms with Gasteiger partial charge in [0.1, 0.15) is 5.69 Å². The van der Waals surface area contributed by atoms with Crippen molar-refractivity contribution in [3.8, 4) is 5.75 Å². The van der Waals surface area contributed by atoms with Gasteiger partial charge in [0.05, 0.1) is 0 Å². The molecule has 0 radical (unpaired) electrons. The van der Waals surface area contributed by atoms with Gasteiger partial charge in [0, 0.05) is 13.0 Å². The molecule has 1 atom stereocenters. The Hall–Kier alpha value is -2.18. The number of rotatable bonds is 5. The highest BCUT2D eigenvalue weighted by Crippen LogP contribution is 2.25. The zero-order valence-corrected chi connectivity index (χ0v) is 13.6. The Morgan fingerprint density at radius 3 is 2.61 bits per heavy atom. The van der Waals surface area contributed by atoms with E-state index in [0.717, 1.165) is 25.7 Å². The van der Waals surface area contributed by atoms with Crippen LogP contribution in [0.5, 0.6) is 5.75 Å². The summed E-state index contributed by atoms with van der Waals surface area (Å²) in [7, 11) is 0. The number of hydrogen-bond acceptors (Lipinski definition) is 5. The number of pyridine rings is 1. The number of nitrogens with zero attached hydrogens (tertiary/aromatic N) is 2. The molecule has 1 aromatic rings. The normalized spacial score (nSPS) is 17.1. The standard InChI is InChI=1S/C16H23N3O4/c1-11-9-10-14(15(17-11)19(21)22)23-12(2)16(20)18-13-7-5-3-4-6-8-13/h9-10,12-13H,3-8H2,1-2H3,(H,18,20)/t12-/m1/s1. The zero-order valence-electron chi connectivity index (χ0n) is 13.6. The van der Waals surface area contributed by atoms with Crippen LogP contribution in [0.3, 0.4) is 0 Å². The Bertz CT molecular complexity index is 568. The molecule has 0 aromatic carbocycles. The molecule has 0 aliphatic heterocycles. The van der Waals surface area contributed by atoms with Crippen LogP contribution < -0.4 is 10.1 Å². The van der Waals surface area contributed by atoms with E-state index in [9.17, 15) is 14.9 Å². The third-order valence-electron chi connectivity index (χ3n) is 4.03. The lowest BCUT2D eigenvalue weighted by Crippen LogP contribution is -2.42. The molecule has 1 fully saturated rings. The van der Waals surface area contributed by atoms with Gasteiger partial charge in [-0.2, -0.15) is 0 Å². The Morgan fingerprint density at radius 1 is 1.35 bits per heavy atom. The lowest BCUT2D eigenvalue weighted by Gasteiger charge is -2.20. The van der Waals surface area contributed by atoms with Crippen molar-refractivity contribution in [2.24, 2.45) is 0 Å². The number of carbonyl (C=O) groups is 1. The average Bonchev–Trinajstić information content (AvgIpc) is 2.77. The van der Waals surface area contributed by atoms with Crippen molar-refractivity contribution in [3.05, 3.63) is 27.9 Å². The minimum absolute atomic E-state index is 0.0177. The van der Waals surface area contributed by atoms with Crippen molar-refractivity contribution < 1.29 is 14.5 Å². The van der Waals surface area contributed by atoms with Crippen LogP contribution in [0.4, 0.5) is 5.82 Å². The number of nitro groups is 1. The highest BCUT2D eigenvalue weighted by atomic mass is 16.6. The summed E-state index contributed by atoms with van der Waals surface area (Å²) in [5.41, 5.74) is 0.527. The first kappa shape index (κ1) is 17.2. The maximum absolute atomic E-state index is 12.2. The van der Waals surface area contributed by atoms with Crippen molar-refractivity contribution in [3.63, 3.8) is 0 Å². The minimum Gasteiger partial charge on any atom is -0.473 e. The molecule has 0 unspecified atom stereocenters. The van der Waals surface area contributed by atoms with Crippen LogP contribution in [0.25, 0.3) is 0 Å². The van der Waals surface area contributed by atoms with Crippen molar-refractivity contribution in [2.75, 3.05) is 0 Å². The largest absolute Gasteiger partial charge is 0.473 e. The van der Waals surface area contributed by atoms with Crippen molar-refractivity contribution in [1.29, 1.82) is 0 Å². The minimum atomic E-state index is -0.804. The quantitative estimate of drug-likeness (QED) is 0.511. The Morgan fingerprint density at radius 2 is 2.00 bits per heavy atom. The van der Waals surface area contributed by atoms with Crippen LogP contribution in [-0.4, -0.2) is 28.0 Å². The van der Waals surface area contributed by atoms with E-state index >= 15 is 0 Å². The fraction of sp³-hybridized carbons (Fsp3) is 0.625. The number of hydrogen-bond donors (Lipinski definition) is 1. The van der Waals surface area contributed by atoms with Crippen LogP contribution >= 0.6 is 0 Å². The molecule has 1 aliphatic rings. The predicted octanol–water partition coefficient (Wildman–Crippen LogP) is 2.90. The van der Waals surface area contributed by atoms with Crippen LogP contribution in [0, 0.1) is 17.0 Å². The first-order valence-electron chi connectivity index (χ1n) is 8.06. The highest BCUT2D eigenvalue weighted by molar-refractivity contribution is 5.81. The number of carbonyl (C=O) groups excluding carboxylic acids is 1. The molecule has 1 N–H and O–H groups in total. The van der Waals surface area contributed by atoms with Crippen LogP contribution in [0.15, 0.2) is 12.1 Å². The van der Waals surface area contributed by atoms with Gasteiger partial charge < -0.3 is 20.2 Å². The molecule has 1 heterocycles. The third-order valence-corrected chi connectivity index (χ3v) is 4.03. The van der Waals surface area contributed by atoms with Gasteiger partial charge in [-0.05, 0) is 41.8 Å². The second kappa shape index (κ2) is 7.89. The second-order valence-electron chi connectivity index (χ2n) is 5.99. The molecule has 126 valence electrons. The summed E-state index contributed by atoms with van der Waals surface area (Å²) in [6, 6.07) is 3.27. The molecule has 1 saturated carbocycles. The Kier molecular flexibility index (Phi) is 5.90. The summed E-state index contributed by atoms with van der Waals surface area (Å²) >= 11 is 0. The molecule has 1 aliphatic carbocycles. The lowest BCUT2D eigenvalue weighted by molar-refractivity contribution is -0.390. The SMILES string of the molecule is Cc1ccc(O[C@H](C)C(=O)NC2CCCCCC2)c([N+](=O)[O-])n1. The van der Waals surface area contributed by atoms with Gasteiger partial charge in [0.2, 0.25) is 5.75 Å². The van der Waals surface area contributed by atoms with Gasteiger partial charge in [0.25, 0.3) is 5.91 Å². The summed E-state index contributed by atoms with van der Waals surface area (Å²) in [4.78, 5) is 26.6. The van der Waals surface area contributed by atoms with E-state index in [1.807, 2.05) is 0 Å². The van der Waals surface area contributed by atoms with E-state index in [1.54, 1.807) is 19.9 Å². The van der Waals surface area contributed by atoms with Gasteiger partial charge in [-0.25, -0.2) is 0 Å².